The molecule has 1 aromatic carbocycles. The summed E-state index contributed by atoms with van der Waals surface area (Å²) in [6, 6.07) is 9.92. The Morgan fingerprint density at radius 2 is 2.05 bits per heavy atom. The number of rotatable bonds is 6. The first-order valence-electron chi connectivity index (χ1n) is 7.27. The zero-order valence-electron chi connectivity index (χ0n) is 11.7. The molecule has 1 saturated carbocycles. The number of nitrogens with two attached hydrogens (primary N) is 1. The summed E-state index contributed by atoms with van der Waals surface area (Å²) in [4.78, 5) is 12.0. The number of amides is 1. The summed E-state index contributed by atoms with van der Waals surface area (Å²) >= 11 is 0. The average Bonchev–Trinajstić information content (AvgIpc) is 2.41. The molecule has 3 N–H and O–H groups in total. The van der Waals surface area contributed by atoms with Gasteiger partial charge in [0.15, 0.2) is 0 Å². The van der Waals surface area contributed by atoms with E-state index in [0.29, 0.717) is 12.8 Å². The van der Waals surface area contributed by atoms with Crippen LogP contribution in [0.25, 0.3) is 0 Å². The molecular formula is C16H24N2O. The molecule has 0 aliphatic heterocycles. The zero-order chi connectivity index (χ0) is 13.7. The van der Waals surface area contributed by atoms with E-state index in [4.69, 9.17) is 5.73 Å². The van der Waals surface area contributed by atoms with Crippen LogP contribution in [0.5, 0.6) is 0 Å². The van der Waals surface area contributed by atoms with Crippen LogP contribution in [0.15, 0.2) is 30.3 Å². The van der Waals surface area contributed by atoms with Crippen molar-refractivity contribution < 1.29 is 4.79 Å². The minimum Gasteiger partial charge on any atom is -0.351 e. The Morgan fingerprint density at radius 3 is 2.58 bits per heavy atom. The van der Waals surface area contributed by atoms with Gasteiger partial charge in [-0.05, 0) is 37.7 Å². The van der Waals surface area contributed by atoms with Crippen LogP contribution in [0, 0.1) is 0 Å². The summed E-state index contributed by atoms with van der Waals surface area (Å²) in [6.07, 6.45) is 5.73. The summed E-state index contributed by atoms with van der Waals surface area (Å²) in [6.45, 7) is 2.15. The molecule has 0 bridgehead atoms. The minimum atomic E-state index is -0.0501. The van der Waals surface area contributed by atoms with Crippen molar-refractivity contribution in [3.05, 3.63) is 35.9 Å². The Hall–Kier alpha value is -1.35. The Labute approximate surface area is 115 Å². The molecule has 3 heteroatoms. The van der Waals surface area contributed by atoms with Gasteiger partial charge in [-0.25, -0.2) is 0 Å². The number of hydrogen-bond acceptors (Lipinski definition) is 2. The van der Waals surface area contributed by atoms with E-state index in [0.717, 1.165) is 24.8 Å². The predicted molar refractivity (Wildman–Crippen MR) is 77.6 cm³/mol. The van der Waals surface area contributed by atoms with Crippen LogP contribution in [0.1, 0.15) is 57.1 Å². The van der Waals surface area contributed by atoms with Crippen molar-refractivity contribution in [1.29, 1.82) is 0 Å². The molecule has 1 amide bonds. The molecule has 1 unspecified atom stereocenters. The maximum absolute atomic E-state index is 12.0. The highest BCUT2D eigenvalue weighted by Crippen LogP contribution is 2.34. The van der Waals surface area contributed by atoms with Crippen LogP contribution >= 0.6 is 0 Å². The van der Waals surface area contributed by atoms with Crippen LogP contribution in [0.3, 0.4) is 0 Å². The first-order chi connectivity index (χ1) is 9.15. The Morgan fingerprint density at radius 1 is 1.37 bits per heavy atom. The van der Waals surface area contributed by atoms with Crippen LogP contribution in [0.4, 0.5) is 0 Å². The van der Waals surface area contributed by atoms with Gasteiger partial charge < -0.3 is 11.1 Å². The lowest BCUT2D eigenvalue weighted by atomic mass is 9.75. The van der Waals surface area contributed by atoms with Gasteiger partial charge in [0.2, 0.25) is 5.91 Å². The Balaban J connectivity index is 1.77. The molecule has 1 fully saturated rings. The fraction of sp³-hybridized carbons (Fsp3) is 0.562. The summed E-state index contributed by atoms with van der Waals surface area (Å²) in [5.74, 6) is 0.146. The number of carbonyl (C=O) groups is 1. The van der Waals surface area contributed by atoms with E-state index in [2.05, 4.69) is 12.2 Å². The molecule has 1 aliphatic rings. The SMILES string of the molecule is CCC1(NC(=O)CCC(N)c2ccccc2)CCC1. The van der Waals surface area contributed by atoms with Gasteiger partial charge in [0, 0.05) is 18.0 Å². The third-order valence-electron chi connectivity index (χ3n) is 4.30. The summed E-state index contributed by atoms with van der Waals surface area (Å²) in [7, 11) is 0. The molecule has 2 rings (SSSR count). The van der Waals surface area contributed by atoms with Gasteiger partial charge in [0.25, 0.3) is 0 Å². The molecule has 0 heterocycles. The maximum Gasteiger partial charge on any atom is 0.220 e. The molecule has 104 valence electrons. The largest absolute Gasteiger partial charge is 0.351 e. The Kier molecular flexibility index (Phi) is 4.59. The number of nitrogens with one attached hydrogen (secondary N) is 1. The van der Waals surface area contributed by atoms with Gasteiger partial charge in [0.1, 0.15) is 0 Å². The van der Waals surface area contributed by atoms with E-state index >= 15 is 0 Å². The molecule has 3 nitrogen and oxygen atoms in total. The number of hydrogen-bond donors (Lipinski definition) is 2. The first-order valence-corrected chi connectivity index (χ1v) is 7.27. The van der Waals surface area contributed by atoms with Crippen molar-refractivity contribution in [3.8, 4) is 0 Å². The maximum atomic E-state index is 12.0. The van der Waals surface area contributed by atoms with Gasteiger partial charge >= 0.3 is 0 Å². The molecule has 1 aromatic rings. The summed E-state index contributed by atoms with van der Waals surface area (Å²) < 4.78 is 0. The molecule has 0 saturated heterocycles. The highest BCUT2D eigenvalue weighted by Gasteiger charge is 2.36. The fourth-order valence-corrected chi connectivity index (χ4v) is 2.68. The van der Waals surface area contributed by atoms with Gasteiger partial charge in [-0.3, -0.25) is 4.79 Å². The minimum absolute atomic E-state index is 0.0501. The second-order valence-corrected chi connectivity index (χ2v) is 5.59. The van der Waals surface area contributed by atoms with E-state index in [9.17, 15) is 4.79 Å². The van der Waals surface area contributed by atoms with Gasteiger partial charge in [-0.1, -0.05) is 37.3 Å². The lowest BCUT2D eigenvalue weighted by Gasteiger charge is -2.42. The first kappa shape index (κ1) is 14.1. The standard InChI is InChI=1S/C16H24N2O/c1-2-16(11-6-12-16)18-15(19)10-9-14(17)13-7-4-3-5-8-13/h3-5,7-8,14H,2,6,9-12,17H2,1H3,(H,18,19). The quantitative estimate of drug-likeness (QED) is 0.826. The second kappa shape index (κ2) is 6.20. The summed E-state index contributed by atoms with van der Waals surface area (Å²) in [5.41, 5.74) is 7.30. The van der Waals surface area contributed by atoms with Crippen LogP contribution in [-0.2, 0) is 4.79 Å². The molecular weight excluding hydrogens is 236 g/mol. The van der Waals surface area contributed by atoms with E-state index in [1.165, 1.54) is 6.42 Å². The van der Waals surface area contributed by atoms with Crippen molar-refractivity contribution in [3.63, 3.8) is 0 Å². The van der Waals surface area contributed by atoms with Crippen molar-refractivity contribution in [2.75, 3.05) is 0 Å². The third kappa shape index (κ3) is 3.57. The van der Waals surface area contributed by atoms with E-state index in [1.54, 1.807) is 0 Å². The highest BCUT2D eigenvalue weighted by molar-refractivity contribution is 5.77. The van der Waals surface area contributed by atoms with E-state index in [-0.39, 0.29) is 17.5 Å². The topological polar surface area (TPSA) is 55.1 Å². The normalized spacial score (nSPS) is 18.4. The zero-order valence-corrected chi connectivity index (χ0v) is 11.7. The monoisotopic (exact) mass is 260 g/mol. The predicted octanol–water partition coefficient (Wildman–Crippen LogP) is 2.92. The smallest absolute Gasteiger partial charge is 0.220 e. The summed E-state index contributed by atoms with van der Waals surface area (Å²) in [5, 5.41) is 3.19. The lowest BCUT2D eigenvalue weighted by molar-refractivity contribution is -0.124. The number of benzene rings is 1. The van der Waals surface area contributed by atoms with Crippen molar-refractivity contribution in [2.45, 2.75) is 57.0 Å². The van der Waals surface area contributed by atoms with E-state index < -0.39 is 0 Å². The van der Waals surface area contributed by atoms with Crippen molar-refractivity contribution in [2.24, 2.45) is 5.73 Å². The Bertz CT molecular complexity index is 407. The molecule has 0 aromatic heterocycles. The fourth-order valence-electron chi connectivity index (χ4n) is 2.68. The van der Waals surface area contributed by atoms with Crippen LogP contribution in [0.2, 0.25) is 0 Å². The van der Waals surface area contributed by atoms with Gasteiger partial charge in [-0.15, -0.1) is 0 Å². The second-order valence-electron chi connectivity index (χ2n) is 5.59. The van der Waals surface area contributed by atoms with Crippen molar-refractivity contribution in [1.82, 2.24) is 5.32 Å². The molecule has 1 aliphatic carbocycles. The molecule has 0 spiro atoms. The third-order valence-corrected chi connectivity index (χ3v) is 4.30. The van der Waals surface area contributed by atoms with E-state index in [1.807, 2.05) is 30.3 Å². The average molecular weight is 260 g/mol. The van der Waals surface area contributed by atoms with Gasteiger partial charge in [0.05, 0.1) is 0 Å². The lowest BCUT2D eigenvalue weighted by Crippen LogP contribution is -2.53. The highest BCUT2D eigenvalue weighted by atomic mass is 16.1. The molecule has 19 heavy (non-hydrogen) atoms. The van der Waals surface area contributed by atoms with Crippen LogP contribution < -0.4 is 11.1 Å². The van der Waals surface area contributed by atoms with Crippen LogP contribution in [-0.4, -0.2) is 11.4 Å². The van der Waals surface area contributed by atoms with Crippen molar-refractivity contribution >= 4 is 5.91 Å². The molecule has 1 atom stereocenters. The molecule has 0 radical (unpaired) electrons. The number of carbonyl (C=O) groups excluding carboxylic acids is 1. The van der Waals surface area contributed by atoms with Gasteiger partial charge in [-0.2, -0.15) is 0 Å².